The number of thiazole rings is 1. The van der Waals surface area contributed by atoms with Gasteiger partial charge in [-0.05, 0) is 62.5 Å². The van der Waals surface area contributed by atoms with Crippen molar-refractivity contribution in [1.82, 2.24) is 4.57 Å². The Balaban J connectivity index is 1.83. The van der Waals surface area contributed by atoms with Crippen LogP contribution in [0.4, 0.5) is 4.39 Å². The van der Waals surface area contributed by atoms with Gasteiger partial charge in [-0.25, -0.2) is 14.2 Å². The van der Waals surface area contributed by atoms with Crippen LogP contribution in [-0.2, 0) is 9.53 Å². The molecule has 1 aliphatic heterocycles. The molecule has 3 heterocycles. The normalized spacial score (nSPS) is 15.6. The van der Waals surface area contributed by atoms with Crippen LogP contribution < -0.4 is 14.9 Å². The Kier molecular flexibility index (Phi) is 6.92. The maximum atomic E-state index is 13.8. The SMILES string of the molecule is CCOC(=O)C1=C(c2ccccc2)N=c2s/c(=C/c3cc(Br)c(Br)o3)c(=O)n2C1c1ccc(F)cc1. The lowest BCUT2D eigenvalue weighted by Crippen LogP contribution is -2.40. The van der Waals surface area contributed by atoms with E-state index in [4.69, 9.17) is 14.1 Å². The van der Waals surface area contributed by atoms with Crippen LogP contribution in [0.15, 0.2) is 89.6 Å². The summed E-state index contributed by atoms with van der Waals surface area (Å²) in [5.74, 6) is -0.557. The van der Waals surface area contributed by atoms with Crippen molar-refractivity contribution in [3.05, 3.63) is 118 Å². The van der Waals surface area contributed by atoms with Crippen LogP contribution >= 0.6 is 43.2 Å². The maximum absolute atomic E-state index is 13.8. The molecule has 6 nitrogen and oxygen atoms in total. The Labute approximate surface area is 225 Å². The lowest BCUT2D eigenvalue weighted by molar-refractivity contribution is -0.138. The fourth-order valence-electron chi connectivity index (χ4n) is 3.96. The van der Waals surface area contributed by atoms with Crippen LogP contribution in [0.3, 0.4) is 0 Å². The number of hydrogen-bond acceptors (Lipinski definition) is 6. The van der Waals surface area contributed by atoms with E-state index in [1.807, 2.05) is 30.3 Å². The molecule has 0 fully saturated rings. The van der Waals surface area contributed by atoms with Crippen molar-refractivity contribution in [3.63, 3.8) is 0 Å². The van der Waals surface area contributed by atoms with Crippen LogP contribution in [0, 0.1) is 5.82 Å². The zero-order chi connectivity index (χ0) is 25.4. The molecule has 182 valence electrons. The van der Waals surface area contributed by atoms with Gasteiger partial charge in [-0.3, -0.25) is 9.36 Å². The van der Waals surface area contributed by atoms with Gasteiger partial charge in [0.2, 0.25) is 0 Å². The minimum absolute atomic E-state index is 0.146. The fraction of sp³-hybridized carbons (Fsp3) is 0.115. The third kappa shape index (κ3) is 4.56. The second-order valence-corrected chi connectivity index (χ2v) is 10.3. The van der Waals surface area contributed by atoms with Crippen molar-refractivity contribution in [1.29, 1.82) is 0 Å². The molecule has 36 heavy (non-hydrogen) atoms. The van der Waals surface area contributed by atoms with Gasteiger partial charge < -0.3 is 9.15 Å². The fourth-order valence-corrected chi connectivity index (χ4v) is 5.55. The van der Waals surface area contributed by atoms with Crippen LogP contribution in [0.1, 0.15) is 29.9 Å². The highest BCUT2D eigenvalue weighted by Gasteiger charge is 2.35. The van der Waals surface area contributed by atoms with Crippen molar-refractivity contribution >= 4 is 60.9 Å². The molecule has 0 spiro atoms. The van der Waals surface area contributed by atoms with Gasteiger partial charge in [-0.15, -0.1) is 0 Å². The van der Waals surface area contributed by atoms with Crippen molar-refractivity contribution in [3.8, 4) is 0 Å². The maximum Gasteiger partial charge on any atom is 0.338 e. The molecule has 1 atom stereocenters. The quantitative estimate of drug-likeness (QED) is 0.284. The first-order valence-electron chi connectivity index (χ1n) is 10.9. The van der Waals surface area contributed by atoms with Gasteiger partial charge in [0.15, 0.2) is 9.47 Å². The molecule has 0 N–H and O–H groups in total. The van der Waals surface area contributed by atoms with Crippen LogP contribution in [0.25, 0.3) is 11.8 Å². The Bertz CT molecular complexity index is 1650. The molecule has 0 saturated carbocycles. The zero-order valence-corrected chi connectivity index (χ0v) is 22.7. The lowest BCUT2D eigenvalue weighted by atomic mass is 9.93. The molecule has 1 unspecified atom stereocenters. The highest BCUT2D eigenvalue weighted by atomic mass is 79.9. The Morgan fingerprint density at radius 2 is 1.92 bits per heavy atom. The van der Waals surface area contributed by atoms with E-state index in [9.17, 15) is 14.0 Å². The van der Waals surface area contributed by atoms with E-state index in [1.54, 1.807) is 31.2 Å². The number of carbonyl (C=O) groups excluding carboxylic acids is 1. The number of benzene rings is 2. The molecule has 0 aliphatic carbocycles. The van der Waals surface area contributed by atoms with Gasteiger partial charge in [-0.2, -0.15) is 0 Å². The first-order valence-corrected chi connectivity index (χ1v) is 13.3. The summed E-state index contributed by atoms with van der Waals surface area (Å²) in [5, 5.41) is 0. The molecular weight excluding hydrogens is 615 g/mol. The number of carbonyl (C=O) groups is 1. The summed E-state index contributed by atoms with van der Waals surface area (Å²) in [4.78, 5) is 32.2. The second kappa shape index (κ2) is 10.1. The van der Waals surface area contributed by atoms with Gasteiger partial charge in [-0.1, -0.05) is 53.8 Å². The number of nitrogens with zero attached hydrogens (tertiary/aromatic N) is 2. The van der Waals surface area contributed by atoms with Crippen molar-refractivity contribution < 1.29 is 18.3 Å². The highest BCUT2D eigenvalue weighted by molar-refractivity contribution is 9.13. The molecule has 1 aliphatic rings. The highest BCUT2D eigenvalue weighted by Crippen LogP contribution is 2.35. The molecule has 0 radical (unpaired) electrons. The molecule has 4 aromatic rings. The van der Waals surface area contributed by atoms with Crippen molar-refractivity contribution in [2.75, 3.05) is 6.61 Å². The number of ether oxygens (including phenoxy) is 1. The minimum atomic E-state index is -0.867. The van der Waals surface area contributed by atoms with Gasteiger partial charge in [0.1, 0.15) is 11.6 Å². The van der Waals surface area contributed by atoms with E-state index in [2.05, 4.69) is 31.9 Å². The molecule has 0 bridgehead atoms. The molecule has 0 saturated heterocycles. The van der Waals surface area contributed by atoms with E-state index in [1.165, 1.54) is 28.0 Å². The van der Waals surface area contributed by atoms with E-state index < -0.39 is 17.8 Å². The summed E-state index contributed by atoms with van der Waals surface area (Å²) < 4.78 is 27.9. The lowest BCUT2D eigenvalue weighted by Gasteiger charge is -2.25. The third-order valence-corrected chi connectivity index (χ3v) is 8.19. The number of rotatable bonds is 5. The molecule has 5 rings (SSSR count). The number of halogens is 3. The number of hydrogen-bond donors (Lipinski definition) is 0. The summed E-state index contributed by atoms with van der Waals surface area (Å²) in [6.07, 6.45) is 1.62. The van der Waals surface area contributed by atoms with Gasteiger partial charge >= 0.3 is 5.97 Å². The molecule has 0 amide bonds. The Morgan fingerprint density at radius 3 is 2.56 bits per heavy atom. The smallest absolute Gasteiger partial charge is 0.338 e. The van der Waals surface area contributed by atoms with Crippen molar-refractivity contribution in [2.24, 2.45) is 4.99 Å². The second-order valence-electron chi connectivity index (χ2n) is 7.75. The third-order valence-electron chi connectivity index (χ3n) is 5.50. The number of fused-ring (bicyclic) bond motifs is 1. The van der Waals surface area contributed by atoms with E-state index in [0.29, 0.717) is 41.1 Å². The standard InChI is InChI=1S/C26H17Br2FN2O4S/c1-2-34-25(33)20-21(14-6-4-3-5-7-14)30-26-31(22(20)15-8-10-16(29)11-9-15)24(32)19(36-26)13-17-12-18(27)23(28)35-17/h3-13,22H,2H2,1H3/b19-13+. The van der Waals surface area contributed by atoms with Crippen molar-refractivity contribution in [2.45, 2.75) is 13.0 Å². The zero-order valence-electron chi connectivity index (χ0n) is 18.7. The first kappa shape index (κ1) is 24.6. The minimum Gasteiger partial charge on any atom is -0.463 e. The predicted molar refractivity (Wildman–Crippen MR) is 142 cm³/mol. The summed E-state index contributed by atoms with van der Waals surface area (Å²) >= 11 is 7.85. The Hall–Kier alpha value is -3.08. The number of furan rings is 1. The number of aromatic nitrogens is 1. The van der Waals surface area contributed by atoms with Crippen LogP contribution in [0.5, 0.6) is 0 Å². The topological polar surface area (TPSA) is 73.8 Å². The first-order chi connectivity index (χ1) is 17.4. The summed E-state index contributed by atoms with van der Waals surface area (Å²) in [6.45, 7) is 1.86. The van der Waals surface area contributed by atoms with E-state index >= 15 is 0 Å². The summed E-state index contributed by atoms with van der Waals surface area (Å²) in [5.41, 5.74) is 1.51. The van der Waals surface area contributed by atoms with Crippen LogP contribution in [-0.4, -0.2) is 17.1 Å². The van der Waals surface area contributed by atoms with Gasteiger partial charge in [0, 0.05) is 11.6 Å². The Morgan fingerprint density at radius 1 is 1.19 bits per heavy atom. The molecule has 2 aromatic heterocycles. The summed E-state index contributed by atoms with van der Waals surface area (Å²) in [6, 6.07) is 15.8. The van der Waals surface area contributed by atoms with E-state index in [-0.39, 0.29) is 17.7 Å². The largest absolute Gasteiger partial charge is 0.463 e. The average Bonchev–Trinajstić information content (AvgIpc) is 3.36. The van der Waals surface area contributed by atoms with Crippen LogP contribution in [0.2, 0.25) is 0 Å². The molecule has 2 aromatic carbocycles. The monoisotopic (exact) mass is 630 g/mol. The van der Waals surface area contributed by atoms with Gasteiger partial charge in [0.05, 0.1) is 32.9 Å². The molecule has 10 heteroatoms. The molecular formula is C26H17Br2FN2O4S. The summed E-state index contributed by atoms with van der Waals surface area (Å²) in [7, 11) is 0. The number of esters is 1. The van der Waals surface area contributed by atoms with E-state index in [0.717, 1.165) is 0 Å². The predicted octanol–water partition coefficient (Wildman–Crippen LogP) is 5.19. The van der Waals surface area contributed by atoms with Gasteiger partial charge in [0.25, 0.3) is 5.56 Å². The average molecular weight is 632 g/mol.